The van der Waals surface area contributed by atoms with Crippen molar-refractivity contribution in [2.45, 2.75) is 12.7 Å². The van der Waals surface area contributed by atoms with Crippen LogP contribution in [-0.2, 0) is 15.8 Å². The summed E-state index contributed by atoms with van der Waals surface area (Å²) in [6, 6.07) is 1.59. The Balaban J connectivity index is 1.42. The van der Waals surface area contributed by atoms with E-state index in [9.17, 15) is 8.42 Å². The molecule has 11 heteroatoms. The van der Waals surface area contributed by atoms with Gasteiger partial charge in [-0.1, -0.05) is 12.1 Å². The van der Waals surface area contributed by atoms with Crippen molar-refractivity contribution in [2.75, 3.05) is 79.5 Å². The molecule has 2 fully saturated rings. The Morgan fingerprint density at radius 1 is 1.20 bits per heavy atom. The first-order valence-electron chi connectivity index (χ1n) is 10.6. The Morgan fingerprint density at radius 2 is 1.90 bits per heavy atom. The van der Waals surface area contributed by atoms with Gasteiger partial charge in [-0.15, -0.1) is 0 Å². The van der Waals surface area contributed by atoms with Crippen molar-refractivity contribution in [3.63, 3.8) is 0 Å². The topological polar surface area (TPSA) is 97.5 Å². The van der Waals surface area contributed by atoms with Crippen LogP contribution in [0.25, 0.3) is 0 Å². The SMILES string of the molecule is CN=C(NCC(C)CN1CCN(C)CC1)N1CCN(S(=O)(=O)Cc2ccon2)CC1. The van der Waals surface area contributed by atoms with Gasteiger partial charge in [0.1, 0.15) is 12.0 Å². The molecule has 2 aliphatic rings. The van der Waals surface area contributed by atoms with Crippen molar-refractivity contribution in [2.24, 2.45) is 10.9 Å². The van der Waals surface area contributed by atoms with Crippen LogP contribution >= 0.6 is 0 Å². The van der Waals surface area contributed by atoms with Crippen molar-refractivity contribution < 1.29 is 12.9 Å². The third-order valence-corrected chi connectivity index (χ3v) is 7.55. The predicted molar refractivity (Wildman–Crippen MR) is 117 cm³/mol. The van der Waals surface area contributed by atoms with E-state index in [0.29, 0.717) is 37.8 Å². The summed E-state index contributed by atoms with van der Waals surface area (Å²) in [6.07, 6.45) is 1.39. The van der Waals surface area contributed by atoms with E-state index in [1.807, 2.05) is 0 Å². The van der Waals surface area contributed by atoms with Crippen LogP contribution in [0.4, 0.5) is 0 Å². The first-order chi connectivity index (χ1) is 14.4. The highest BCUT2D eigenvalue weighted by Crippen LogP contribution is 2.13. The molecule has 0 radical (unpaired) electrons. The van der Waals surface area contributed by atoms with Crippen LogP contribution in [0.2, 0.25) is 0 Å². The monoisotopic (exact) mass is 441 g/mol. The second kappa shape index (κ2) is 10.6. The van der Waals surface area contributed by atoms with Gasteiger partial charge < -0.3 is 24.5 Å². The molecular weight excluding hydrogens is 406 g/mol. The summed E-state index contributed by atoms with van der Waals surface area (Å²) in [5.41, 5.74) is 0.434. The first-order valence-corrected chi connectivity index (χ1v) is 12.2. The zero-order valence-electron chi connectivity index (χ0n) is 18.3. The van der Waals surface area contributed by atoms with Gasteiger partial charge in [-0.25, -0.2) is 8.42 Å². The summed E-state index contributed by atoms with van der Waals surface area (Å²) in [5.74, 6) is 1.23. The second-order valence-electron chi connectivity index (χ2n) is 8.27. The number of aromatic nitrogens is 1. The normalized spacial score (nSPS) is 21.7. The van der Waals surface area contributed by atoms with Crippen molar-refractivity contribution in [1.82, 2.24) is 29.5 Å². The summed E-state index contributed by atoms with van der Waals surface area (Å²) in [4.78, 5) is 11.4. The van der Waals surface area contributed by atoms with Crippen LogP contribution in [0.3, 0.4) is 0 Å². The fourth-order valence-corrected chi connectivity index (χ4v) is 5.33. The van der Waals surface area contributed by atoms with Crippen molar-refractivity contribution in [3.05, 3.63) is 18.0 Å². The number of sulfonamides is 1. The lowest BCUT2D eigenvalue weighted by Crippen LogP contribution is -2.54. The Kier molecular flexibility index (Phi) is 8.09. The highest BCUT2D eigenvalue weighted by molar-refractivity contribution is 7.88. The lowest BCUT2D eigenvalue weighted by Gasteiger charge is -2.36. The first kappa shape index (κ1) is 23.0. The summed E-state index contributed by atoms with van der Waals surface area (Å²) in [6.45, 7) is 10.8. The standard InChI is InChI=1S/C19H35N7O3S/c1-17(15-24-7-5-23(3)6-8-24)14-21-19(20-2)25-9-11-26(12-10-25)30(27,28)16-18-4-13-29-22-18/h4,13,17H,5-12,14-16H2,1-3H3,(H,20,21). The zero-order valence-corrected chi connectivity index (χ0v) is 19.1. The zero-order chi connectivity index (χ0) is 21.6. The molecule has 30 heavy (non-hydrogen) atoms. The molecule has 3 heterocycles. The van der Waals surface area contributed by atoms with Crippen LogP contribution in [0.15, 0.2) is 21.8 Å². The molecule has 1 atom stereocenters. The molecule has 2 saturated heterocycles. The number of hydrogen-bond acceptors (Lipinski definition) is 7. The summed E-state index contributed by atoms with van der Waals surface area (Å²) in [7, 11) is 0.558. The molecule has 0 aliphatic carbocycles. The quantitative estimate of drug-likeness (QED) is 0.450. The van der Waals surface area contributed by atoms with Gasteiger partial charge in [0.05, 0.1) is 5.69 Å². The van der Waals surface area contributed by atoms with Crippen molar-refractivity contribution in [3.8, 4) is 0 Å². The van der Waals surface area contributed by atoms with Crippen molar-refractivity contribution >= 4 is 16.0 Å². The maximum Gasteiger partial charge on any atom is 0.220 e. The van der Waals surface area contributed by atoms with Crippen LogP contribution in [-0.4, -0.2) is 118 Å². The van der Waals surface area contributed by atoms with E-state index in [-0.39, 0.29) is 5.75 Å². The molecular formula is C19H35N7O3S. The van der Waals surface area contributed by atoms with Crippen LogP contribution < -0.4 is 5.32 Å². The molecule has 0 saturated carbocycles. The summed E-state index contributed by atoms with van der Waals surface area (Å²) < 4.78 is 31.5. The maximum atomic E-state index is 12.6. The number of nitrogens with one attached hydrogen (secondary N) is 1. The van der Waals surface area contributed by atoms with Gasteiger partial charge in [0.2, 0.25) is 10.0 Å². The molecule has 0 bridgehead atoms. The minimum Gasteiger partial charge on any atom is -0.364 e. The van der Waals surface area contributed by atoms with E-state index in [4.69, 9.17) is 4.52 Å². The van der Waals surface area contributed by atoms with E-state index in [1.54, 1.807) is 13.1 Å². The number of likely N-dealkylation sites (N-methyl/N-ethyl adjacent to an activating group) is 1. The number of hydrogen-bond donors (Lipinski definition) is 1. The average molecular weight is 442 g/mol. The fourth-order valence-electron chi connectivity index (χ4n) is 3.90. The smallest absolute Gasteiger partial charge is 0.220 e. The molecule has 0 spiro atoms. The van der Waals surface area contributed by atoms with Gasteiger partial charge >= 0.3 is 0 Å². The molecule has 2 aliphatic heterocycles. The third-order valence-electron chi connectivity index (χ3n) is 5.74. The largest absolute Gasteiger partial charge is 0.364 e. The minimum atomic E-state index is -3.39. The van der Waals surface area contributed by atoms with E-state index in [0.717, 1.165) is 45.2 Å². The van der Waals surface area contributed by atoms with Crippen molar-refractivity contribution in [1.29, 1.82) is 0 Å². The van der Waals surface area contributed by atoms with Gasteiger partial charge in [-0.3, -0.25) is 4.99 Å². The Bertz CT molecular complexity index is 768. The van der Waals surface area contributed by atoms with Crippen LogP contribution in [0.1, 0.15) is 12.6 Å². The summed E-state index contributed by atoms with van der Waals surface area (Å²) in [5, 5.41) is 7.19. The molecule has 0 aromatic carbocycles. The van der Waals surface area contributed by atoms with Gasteiger partial charge in [-0.05, 0) is 13.0 Å². The van der Waals surface area contributed by atoms with Crippen LogP contribution in [0.5, 0.6) is 0 Å². The molecule has 1 aromatic heterocycles. The third kappa shape index (κ3) is 6.40. The number of nitrogens with zero attached hydrogens (tertiary/aromatic N) is 6. The number of piperazine rings is 2. The number of guanidine groups is 1. The molecule has 10 nitrogen and oxygen atoms in total. The second-order valence-corrected chi connectivity index (χ2v) is 10.2. The Labute approximate surface area is 179 Å². The molecule has 1 unspecified atom stereocenters. The highest BCUT2D eigenvalue weighted by atomic mass is 32.2. The van der Waals surface area contributed by atoms with E-state index >= 15 is 0 Å². The van der Waals surface area contributed by atoms with Gasteiger partial charge in [-0.2, -0.15) is 4.31 Å². The van der Waals surface area contributed by atoms with Gasteiger partial charge in [0.15, 0.2) is 5.96 Å². The molecule has 1 N–H and O–H groups in total. The Morgan fingerprint density at radius 3 is 2.50 bits per heavy atom. The van der Waals surface area contributed by atoms with E-state index < -0.39 is 10.0 Å². The highest BCUT2D eigenvalue weighted by Gasteiger charge is 2.29. The molecule has 0 amide bonds. The number of aliphatic imine (C=N–C) groups is 1. The average Bonchev–Trinajstić information content (AvgIpc) is 3.23. The molecule has 1 aromatic rings. The molecule has 3 rings (SSSR count). The molecule has 170 valence electrons. The minimum absolute atomic E-state index is 0.125. The van der Waals surface area contributed by atoms with Gasteiger partial charge in [0, 0.05) is 78.6 Å². The Hall–Kier alpha value is -1.69. The van der Waals surface area contributed by atoms with E-state index in [2.05, 4.69) is 44.1 Å². The van der Waals surface area contributed by atoms with Crippen LogP contribution in [0, 0.1) is 5.92 Å². The maximum absolute atomic E-state index is 12.6. The fraction of sp³-hybridized carbons (Fsp3) is 0.789. The van der Waals surface area contributed by atoms with E-state index in [1.165, 1.54) is 10.6 Å². The lowest BCUT2D eigenvalue weighted by atomic mass is 10.1. The van der Waals surface area contributed by atoms with Gasteiger partial charge in [0.25, 0.3) is 0 Å². The summed E-state index contributed by atoms with van der Waals surface area (Å²) >= 11 is 0. The predicted octanol–water partition coefficient (Wildman–Crippen LogP) is -0.419. The number of rotatable bonds is 7. The lowest BCUT2D eigenvalue weighted by molar-refractivity contribution is 0.139.